The molecule has 0 amide bonds. The summed E-state index contributed by atoms with van der Waals surface area (Å²) in [6.45, 7) is 9.95. The van der Waals surface area contributed by atoms with E-state index in [4.69, 9.17) is 0 Å². The van der Waals surface area contributed by atoms with Crippen LogP contribution in [-0.2, 0) is 4.79 Å². The van der Waals surface area contributed by atoms with Crippen molar-refractivity contribution in [3.63, 3.8) is 0 Å². The van der Waals surface area contributed by atoms with E-state index in [-0.39, 0.29) is 40.9 Å². The fourth-order valence-electron chi connectivity index (χ4n) is 8.98. The first kappa shape index (κ1) is 24.9. The second-order valence-electron chi connectivity index (χ2n) is 13.2. The van der Waals surface area contributed by atoms with E-state index in [1.165, 1.54) is 0 Å². The Morgan fingerprint density at radius 2 is 1.89 bits per heavy atom. The van der Waals surface area contributed by atoms with E-state index >= 15 is 4.39 Å². The van der Waals surface area contributed by atoms with Crippen LogP contribution in [0.15, 0.2) is 16.9 Å². The van der Waals surface area contributed by atoms with Gasteiger partial charge >= 0.3 is 0 Å². The first-order valence-corrected chi connectivity index (χ1v) is 13.8. The van der Waals surface area contributed by atoms with Gasteiger partial charge < -0.3 is 5.11 Å². The van der Waals surface area contributed by atoms with Crippen molar-refractivity contribution in [2.24, 2.45) is 45.5 Å². The molecule has 0 unspecified atom stereocenters. The number of Topliss-reactive ketones (excluding diaryl/α,β-unsaturated/α-hetero) is 1. The summed E-state index contributed by atoms with van der Waals surface area (Å²) in [6.07, 6.45) is 10.7. The molecule has 5 rings (SSSR count). The van der Waals surface area contributed by atoms with Gasteiger partial charge in [0.2, 0.25) is 0 Å². The third-order valence-electron chi connectivity index (χ3n) is 11.3. The van der Waals surface area contributed by atoms with Gasteiger partial charge in [-0.1, -0.05) is 6.92 Å². The maximum atomic E-state index is 16.6. The fourth-order valence-corrected chi connectivity index (χ4v) is 8.98. The Kier molecular flexibility index (Phi) is 5.98. The van der Waals surface area contributed by atoms with Crippen molar-refractivity contribution in [3.05, 3.63) is 11.8 Å². The van der Waals surface area contributed by atoms with Crippen LogP contribution in [-0.4, -0.2) is 40.4 Å². The summed E-state index contributed by atoms with van der Waals surface area (Å²) in [7, 11) is 0. The van der Waals surface area contributed by atoms with Crippen LogP contribution in [0.4, 0.5) is 4.39 Å². The van der Waals surface area contributed by atoms with Gasteiger partial charge in [0.15, 0.2) is 5.78 Å². The molecule has 5 nitrogen and oxygen atoms in total. The molecule has 35 heavy (non-hydrogen) atoms. The van der Waals surface area contributed by atoms with Crippen LogP contribution in [0, 0.1) is 51.8 Å². The standard InChI is InChI=1S/C29H42FN3O2/c1-19(28(18-31)12-13-28)16-33(32-4)17-25(34)24-8-7-22-21-6-5-20-15-26(2,35)11-14-29(20,30)23(21)9-10-27(22,24)3/h16,20-24,35H,4-15,17H2,1-3H3/b19-16+/t20-,21+,22+,23+,24-,26-,27+,29-/m1/s1. The molecule has 0 bridgehead atoms. The lowest BCUT2D eigenvalue weighted by Gasteiger charge is -2.59. The molecule has 0 heterocycles. The molecule has 0 radical (unpaired) electrons. The maximum absolute atomic E-state index is 16.6. The van der Waals surface area contributed by atoms with Crippen LogP contribution < -0.4 is 0 Å². The summed E-state index contributed by atoms with van der Waals surface area (Å²) in [5, 5.41) is 25.8. The van der Waals surface area contributed by atoms with E-state index in [9.17, 15) is 15.2 Å². The number of carbonyl (C=O) groups excluding carboxylic acids is 1. The predicted octanol–water partition coefficient (Wildman–Crippen LogP) is 5.79. The van der Waals surface area contributed by atoms with Gasteiger partial charge in [-0.2, -0.15) is 10.4 Å². The number of aliphatic hydroxyl groups is 1. The number of halogens is 1. The molecular formula is C29H42FN3O2. The van der Waals surface area contributed by atoms with Crippen molar-refractivity contribution in [1.29, 1.82) is 5.26 Å². The molecule has 0 spiro atoms. The summed E-state index contributed by atoms with van der Waals surface area (Å²) in [5.74, 6) is 0.948. The third-order valence-corrected chi connectivity index (χ3v) is 11.3. The van der Waals surface area contributed by atoms with E-state index in [1.54, 1.807) is 5.01 Å². The van der Waals surface area contributed by atoms with Crippen molar-refractivity contribution in [2.75, 3.05) is 6.54 Å². The van der Waals surface area contributed by atoms with Gasteiger partial charge in [0, 0.05) is 18.8 Å². The van der Waals surface area contributed by atoms with Crippen LogP contribution >= 0.6 is 0 Å². The van der Waals surface area contributed by atoms with E-state index in [0.717, 1.165) is 56.9 Å². The molecule has 1 N–H and O–H groups in total. The van der Waals surface area contributed by atoms with Gasteiger partial charge in [-0.25, -0.2) is 4.39 Å². The Hall–Kier alpha value is -1.74. The fraction of sp³-hybridized carbons (Fsp3) is 0.828. The quantitative estimate of drug-likeness (QED) is 0.383. The van der Waals surface area contributed by atoms with Gasteiger partial charge in [0.05, 0.1) is 23.6 Å². The lowest BCUT2D eigenvalue weighted by Crippen LogP contribution is -2.58. The SMILES string of the molecule is C=NN(/C=C(\C)C1(C#N)CC1)CC(=O)[C@H]1CC[C@H]2[C@@H]3CC[C@@H]4C[C@](C)(O)CC[C@]4(F)[C@H]3CC[C@]12C. The van der Waals surface area contributed by atoms with Gasteiger partial charge in [0.25, 0.3) is 0 Å². The summed E-state index contributed by atoms with van der Waals surface area (Å²) in [6, 6.07) is 2.40. The third kappa shape index (κ3) is 3.97. The van der Waals surface area contributed by atoms with E-state index in [1.807, 2.05) is 20.0 Å². The molecule has 0 aromatic heterocycles. The molecule has 6 heteroatoms. The highest BCUT2D eigenvalue weighted by atomic mass is 19.1. The first-order valence-electron chi connectivity index (χ1n) is 13.8. The number of fused-ring (bicyclic) bond motifs is 5. The second-order valence-corrected chi connectivity index (χ2v) is 13.2. The van der Waals surface area contributed by atoms with Crippen LogP contribution in [0.3, 0.4) is 0 Å². The number of ketones is 1. The van der Waals surface area contributed by atoms with E-state index < -0.39 is 11.3 Å². The lowest BCUT2D eigenvalue weighted by molar-refractivity contribution is -0.165. The molecule has 5 fully saturated rings. The molecule has 5 saturated carbocycles. The zero-order valence-electron chi connectivity index (χ0n) is 21.7. The Morgan fingerprint density at radius 3 is 2.54 bits per heavy atom. The Morgan fingerprint density at radius 1 is 1.14 bits per heavy atom. The smallest absolute Gasteiger partial charge is 0.157 e. The number of nitriles is 1. The molecule has 5 aliphatic carbocycles. The lowest BCUT2D eigenvalue weighted by atomic mass is 9.48. The van der Waals surface area contributed by atoms with E-state index in [2.05, 4.69) is 24.8 Å². The minimum atomic E-state index is -1.15. The normalized spacial score (nSPS) is 45.9. The van der Waals surface area contributed by atoms with Crippen molar-refractivity contribution in [2.45, 2.75) is 103 Å². The highest BCUT2D eigenvalue weighted by Gasteiger charge is 2.63. The minimum Gasteiger partial charge on any atom is -0.390 e. The second kappa shape index (κ2) is 8.40. The molecule has 0 aromatic carbocycles. The zero-order chi connectivity index (χ0) is 25.2. The largest absolute Gasteiger partial charge is 0.390 e. The number of hydrogen-bond donors (Lipinski definition) is 1. The number of nitrogens with zero attached hydrogens (tertiary/aromatic N) is 3. The topological polar surface area (TPSA) is 76.7 Å². The number of rotatable bonds is 6. The highest BCUT2D eigenvalue weighted by Crippen LogP contribution is 2.66. The Bertz CT molecular complexity index is 965. The predicted molar refractivity (Wildman–Crippen MR) is 134 cm³/mol. The number of hydrogen-bond acceptors (Lipinski definition) is 5. The first-order chi connectivity index (χ1) is 16.5. The number of carbonyl (C=O) groups is 1. The summed E-state index contributed by atoms with van der Waals surface area (Å²) >= 11 is 0. The van der Waals surface area contributed by atoms with Crippen molar-refractivity contribution in [3.8, 4) is 6.07 Å². The number of alkyl halides is 1. The average molecular weight is 484 g/mol. The number of allylic oxidation sites excluding steroid dienone is 1. The highest BCUT2D eigenvalue weighted by molar-refractivity contribution is 5.84. The maximum Gasteiger partial charge on any atom is 0.157 e. The van der Waals surface area contributed by atoms with Crippen molar-refractivity contribution >= 4 is 12.5 Å². The van der Waals surface area contributed by atoms with Gasteiger partial charge in [-0.15, -0.1) is 0 Å². The summed E-state index contributed by atoms with van der Waals surface area (Å²) < 4.78 is 16.6. The molecular weight excluding hydrogens is 441 g/mol. The van der Waals surface area contributed by atoms with Crippen molar-refractivity contribution in [1.82, 2.24) is 5.01 Å². The van der Waals surface area contributed by atoms with Crippen LogP contribution in [0.2, 0.25) is 0 Å². The molecule has 0 aromatic rings. The Labute approximate surface area is 209 Å². The molecule has 0 saturated heterocycles. The molecule has 8 atom stereocenters. The van der Waals surface area contributed by atoms with E-state index in [0.29, 0.717) is 31.1 Å². The zero-order valence-corrected chi connectivity index (χ0v) is 21.7. The molecule has 0 aliphatic heterocycles. The van der Waals surface area contributed by atoms with Crippen LogP contribution in [0.5, 0.6) is 0 Å². The van der Waals surface area contributed by atoms with Crippen LogP contribution in [0.25, 0.3) is 0 Å². The minimum absolute atomic E-state index is 0.0267. The molecule has 192 valence electrons. The average Bonchev–Trinajstić information content (AvgIpc) is 3.54. The van der Waals surface area contributed by atoms with Crippen LogP contribution in [0.1, 0.15) is 91.4 Å². The van der Waals surface area contributed by atoms with Crippen molar-refractivity contribution < 1.29 is 14.3 Å². The molecule has 5 aliphatic rings. The summed E-state index contributed by atoms with van der Waals surface area (Å²) in [4.78, 5) is 13.6. The monoisotopic (exact) mass is 483 g/mol. The Balaban J connectivity index is 1.30. The van der Waals surface area contributed by atoms with Gasteiger partial charge in [0.1, 0.15) is 5.67 Å². The summed E-state index contributed by atoms with van der Waals surface area (Å²) in [5.41, 5.74) is -1.40. The van der Waals surface area contributed by atoms with Gasteiger partial charge in [-0.05, 0) is 119 Å². The number of hydrazone groups is 1. The van der Waals surface area contributed by atoms with Gasteiger partial charge in [-0.3, -0.25) is 9.80 Å².